The van der Waals surface area contributed by atoms with E-state index in [2.05, 4.69) is 4.72 Å². The molecule has 2 aromatic carbocycles. The van der Waals surface area contributed by atoms with Crippen molar-refractivity contribution in [1.82, 2.24) is 4.72 Å². The summed E-state index contributed by atoms with van der Waals surface area (Å²) in [4.78, 5) is 0.0687. The maximum absolute atomic E-state index is 13.5. The Labute approximate surface area is 121 Å². The van der Waals surface area contributed by atoms with Gasteiger partial charge in [0.15, 0.2) is 0 Å². The van der Waals surface area contributed by atoms with Gasteiger partial charge in [0.25, 0.3) is 0 Å². The molecule has 0 saturated heterocycles. The fourth-order valence-electron chi connectivity index (χ4n) is 1.89. The summed E-state index contributed by atoms with van der Waals surface area (Å²) in [7, 11) is -3.80. The van der Waals surface area contributed by atoms with Crippen molar-refractivity contribution in [3.63, 3.8) is 0 Å². The highest BCUT2D eigenvalue weighted by atomic mass is 32.2. The molecule has 7 heteroatoms. The van der Waals surface area contributed by atoms with E-state index < -0.39 is 21.7 Å². The molecule has 0 radical (unpaired) electrons. The van der Waals surface area contributed by atoms with Crippen molar-refractivity contribution in [2.24, 2.45) is 0 Å². The van der Waals surface area contributed by atoms with Crippen LogP contribution in [0.1, 0.15) is 11.1 Å². The molecule has 0 saturated carbocycles. The Hall–Kier alpha value is -1.99. The first kappa shape index (κ1) is 15.4. The topological polar surface area (TPSA) is 72.2 Å². The van der Waals surface area contributed by atoms with Gasteiger partial charge in [-0.1, -0.05) is 6.07 Å². The largest absolute Gasteiger partial charge is 0.399 e. The Kier molecular flexibility index (Phi) is 4.24. The molecule has 2 aromatic rings. The molecular weight excluding hydrogens is 298 g/mol. The molecule has 0 spiro atoms. The molecule has 2 rings (SSSR count). The maximum Gasteiger partial charge on any atom is 0.241 e. The number of benzene rings is 2. The number of nitrogen functional groups attached to an aromatic ring is 1. The van der Waals surface area contributed by atoms with E-state index in [4.69, 9.17) is 5.73 Å². The molecule has 0 heterocycles. The van der Waals surface area contributed by atoms with Crippen LogP contribution in [-0.2, 0) is 16.6 Å². The lowest BCUT2D eigenvalue weighted by Gasteiger charge is -2.10. The standard InChI is InChI=1S/C14H14F2N2O2S/c1-9-6-12(17)4-5-14(9)21(19,20)18-8-10-2-3-11(15)7-13(10)16/h2-7,18H,8,17H2,1H3. The smallest absolute Gasteiger partial charge is 0.241 e. The van der Waals surface area contributed by atoms with E-state index >= 15 is 0 Å². The van der Waals surface area contributed by atoms with E-state index in [0.717, 1.165) is 6.07 Å². The summed E-state index contributed by atoms with van der Waals surface area (Å²) in [5.41, 5.74) is 6.58. The van der Waals surface area contributed by atoms with Crippen molar-refractivity contribution in [3.05, 3.63) is 59.2 Å². The molecule has 0 aliphatic heterocycles. The van der Waals surface area contributed by atoms with Crippen molar-refractivity contribution >= 4 is 15.7 Å². The predicted molar refractivity (Wildman–Crippen MR) is 76.0 cm³/mol. The lowest BCUT2D eigenvalue weighted by Crippen LogP contribution is -2.24. The SMILES string of the molecule is Cc1cc(N)ccc1S(=O)(=O)NCc1ccc(F)cc1F. The minimum atomic E-state index is -3.80. The third-order valence-corrected chi connectivity index (χ3v) is 4.52. The minimum Gasteiger partial charge on any atom is -0.399 e. The highest BCUT2D eigenvalue weighted by molar-refractivity contribution is 7.89. The number of aryl methyl sites for hydroxylation is 1. The van der Waals surface area contributed by atoms with Crippen LogP contribution in [0, 0.1) is 18.6 Å². The van der Waals surface area contributed by atoms with Gasteiger partial charge in [-0.3, -0.25) is 0 Å². The zero-order valence-corrected chi connectivity index (χ0v) is 12.0. The fourth-order valence-corrected chi connectivity index (χ4v) is 3.12. The van der Waals surface area contributed by atoms with Crippen molar-refractivity contribution in [2.45, 2.75) is 18.4 Å². The molecule has 0 amide bonds. The number of hydrogen-bond donors (Lipinski definition) is 2. The van der Waals surface area contributed by atoms with Crippen LogP contribution in [0.5, 0.6) is 0 Å². The minimum absolute atomic E-state index is 0.0630. The van der Waals surface area contributed by atoms with Gasteiger partial charge in [-0.15, -0.1) is 0 Å². The highest BCUT2D eigenvalue weighted by Gasteiger charge is 2.17. The maximum atomic E-state index is 13.5. The quantitative estimate of drug-likeness (QED) is 0.851. The van der Waals surface area contributed by atoms with Crippen LogP contribution in [0.4, 0.5) is 14.5 Å². The summed E-state index contributed by atoms with van der Waals surface area (Å²) in [5, 5.41) is 0. The molecule has 0 aliphatic carbocycles. The molecule has 112 valence electrons. The zero-order valence-electron chi connectivity index (χ0n) is 11.2. The normalized spacial score (nSPS) is 11.6. The van der Waals surface area contributed by atoms with Crippen LogP contribution >= 0.6 is 0 Å². The summed E-state index contributed by atoms with van der Waals surface area (Å²) in [6.07, 6.45) is 0. The van der Waals surface area contributed by atoms with Gasteiger partial charge in [-0.05, 0) is 36.8 Å². The molecule has 0 bridgehead atoms. The lowest BCUT2D eigenvalue weighted by atomic mass is 10.2. The van der Waals surface area contributed by atoms with Crippen LogP contribution in [-0.4, -0.2) is 8.42 Å². The van der Waals surface area contributed by atoms with E-state index in [-0.39, 0.29) is 17.0 Å². The second-order valence-corrected chi connectivity index (χ2v) is 6.32. The van der Waals surface area contributed by atoms with Crippen molar-refractivity contribution in [2.75, 3.05) is 5.73 Å². The summed E-state index contributed by atoms with van der Waals surface area (Å²) in [6.45, 7) is 1.35. The zero-order chi connectivity index (χ0) is 15.6. The van der Waals surface area contributed by atoms with E-state index in [1.807, 2.05) is 0 Å². The van der Waals surface area contributed by atoms with Gasteiger partial charge in [0.05, 0.1) is 4.90 Å². The van der Waals surface area contributed by atoms with Crippen LogP contribution in [0.2, 0.25) is 0 Å². The molecule has 0 unspecified atom stereocenters. The Morgan fingerprint density at radius 3 is 2.48 bits per heavy atom. The van der Waals surface area contributed by atoms with E-state index in [0.29, 0.717) is 17.3 Å². The average Bonchev–Trinajstić information content (AvgIpc) is 2.37. The van der Waals surface area contributed by atoms with Crippen molar-refractivity contribution in [3.8, 4) is 0 Å². The molecule has 0 aromatic heterocycles. The highest BCUT2D eigenvalue weighted by Crippen LogP contribution is 2.18. The molecule has 4 nitrogen and oxygen atoms in total. The van der Waals surface area contributed by atoms with Gasteiger partial charge < -0.3 is 5.73 Å². The van der Waals surface area contributed by atoms with Crippen LogP contribution in [0.3, 0.4) is 0 Å². The molecule has 3 N–H and O–H groups in total. The summed E-state index contributed by atoms with van der Waals surface area (Å²) >= 11 is 0. The first-order chi connectivity index (χ1) is 9.79. The average molecular weight is 312 g/mol. The summed E-state index contributed by atoms with van der Waals surface area (Å²) in [6, 6.07) is 7.36. The number of halogens is 2. The Morgan fingerprint density at radius 1 is 1.14 bits per heavy atom. The molecule has 0 aliphatic rings. The van der Waals surface area contributed by atoms with E-state index in [9.17, 15) is 17.2 Å². The lowest BCUT2D eigenvalue weighted by molar-refractivity contribution is 0.562. The first-order valence-corrected chi connectivity index (χ1v) is 7.57. The number of nitrogens with one attached hydrogen (secondary N) is 1. The van der Waals surface area contributed by atoms with Gasteiger partial charge in [0.1, 0.15) is 11.6 Å². The van der Waals surface area contributed by atoms with Gasteiger partial charge in [0, 0.05) is 23.9 Å². The number of anilines is 1. The van der Waals surface area contributed by atoms with Crippen molar-refractivity contribution in [1.29, 1.82) is 0 Å². The van der Waals surface area contributed by atoms with Gasteiger partial charge >= 0.3 is 0 Å². The Bertz CT molecular complexity index is 777. The third-order valence-electron chi connectivity index (χ3n) is 2.96. The van der Waals surface area contributed by atoms with Crippen LogP contribution in [0.15, 0.2) is 41.3 Å². The number of hydrogen-bond acceptors (Lipinski definition) is 3. The van der Waals surface area contributed by atoms with Gasteiger partial charge in [-0.25, -0.2) is 21.9 Å². The Morgan fingerprint density at radius 2 is 1.86 bits per heavy atom. The van der Waals surface area contributed by atoms with Gasteiger partial charge in [-0.2, -0.15) is 0 Å². The molecular formula is C14H14F2N2O2S. The molecule has 0 fully saturated rings. The second-order valence-electron chi connectivity index (χ2n) is 4.59. The Balaban J connectivity index is 2.22. The van der Waals surface area contributed by atoms with E-state index in [1.54, 1.807) is 6.92 Å². The summed E-state index contributed by atoms with van der Waals surface area (Å²) in [5.74, 6) is -1.51. The van der Waals surface area contributed by atoms with Crippen LogP contribution < -0.4 is 10.5 Å². The van der Waals surface area contributed by atoms with Crippen molar-refractivity contribution < 1.29 is 17.2 Å². The number of sulfonamides is 1. The van der Waals surface area contributed by atoms with Gasteiger partial charge in [0.2, 0.25) is 10.0 Å². The molecule has 21 heavy (non-hydrogen) atoms. The second kappa shape index (κ2) is 5.79. The van der Waals surface area contributed by atoms with Crippen LogP contribution in [0.25, 0.3) is 0 Å². The third kappa shape index (κ3) is 3.56. The monoisotopic (exact) mass is 312 g/mol. The summed E-state index contributed by atoms with van der Waals surface area (Å²) < 4.78 is 52.9. The number of rotatable bonds is 4. The first-order valence-electron chi connectivity index (χ1n) is 6.09. The predicted octanol–water partition coefficient (Wildman–Crippen LogP) is 2.33. The fraction of sp³-hybridized carbons (Fsp3) is 0.143. The number of nitrogens with two attached hydrogens (primary N) is 1. The molecule has 0 atom stereocenters. The van der Waals surface area contributed by atoms with E-state index in [1.165, 1.54) is 24.3 Å².